The van der Waals surface area contributed by atoms with Crippen LogP contribution in [0.4, 0.5) is 0 Å². The molecule has 5 heteroatoms. The average Bonchev–Trinajstić information content (AvgIpc) is 2.84. The van der Waals surface area contributed by atoms with Crippen molar-refractivity contribution in [1.29, 1.82) is 0 Å². The normalized spacial score (nSPS) is 19.6. The summed E-state index contributed by atoms with van der Waals surface area (Å²) >= 11 is 0. The van der Waals surface area contributed by atoms with E-state index < -0.39 is 10.0 Å². The molecule has 1 atom stereocenters. The first kappa shape index (κ1) is 15.0. The van der Waals surface area contributed by atoms with Crippen molar-refractivity contribution in [2.45, 2.75) is 37.6 Å². The zero-order valence-electron chi connectivity index (χ0n) is 11.9. The van der Waals surface area contributed by atoms with E-state index in [-0.39, 0.29) is 12.6 Å². The van der Waals surface area contributed by atoms with Gasteiger partial charge in [0.1, 0.15) is 0 Å². The van der Waals surface area contributed by atoms with Crippen molar-refractivity contribution in [3.05, 3.63) is 29.3 Å². The maximum absolute atomic E-state index is 12.7. The lowest BCUT2D eigenvalue weighted by atomic mass is 10.1. The van der Waals surface area contributed by atoms with Crippen molar-refractivity contribution in [3.63, 3.8) is 0 Å². The molecule has 1 heterocycles. The summed E-state index contributed by atoms with van der Waals surface area (Å²) in [5.74, 6) is 5.64. The molecule has 0 saturated carbocycles. The van der Waals surface area contributed by atoms with E-state index >= 15 is 0 Å². The van der Waals surface area contributed by atoms with Crippen LogP contribution in [-0.4, -0.2) is 31.9 Å². The number of nitrogens with zero attached hydrogens (tertiary/aromatic N) is 1. The minimum Gasteiger partial charge on any atom is -0.320 e. The molecule has 2 rings (SSSR count). The minimum absolute atomic E-state index is 0.0678. The maximum Gasteiger partial charge on any atom is 0.243 e. The summed E-state index contributed by atoms with van der Waals surface area (Å²) in [7, 11) is -3.43. The van der Waals surface area contributed by atoms with Crippen LogP contribution in [0.1, 0.15) is 30.9 Å². The third-order valence-corrected chi connectivity index (χ3v) is 5.76. The largest absolute Gasteiger partial charge is 0.320 e. The van der Waals surface area contributed by atoms with Crippen LogP contribution < -0.4 is 5.73 Å². The molecule has 108 valence electrons. The van der Waals surface area contributed by atoms with Crippen LogP contribution in [0.3, 0.4) is 0 Å². The quantitative estimate of drug-likeness (QED) is 0.840. The lowest BCUT2D eigenvalue weighted by molar-refractivity contribution is 0.408. The number of rotatable bonds is 2. The van der Waals surface area contributed by atoms with E-state index in [0.717, 1.165) is 18.4 Å². The van der Waals surface area contributed by atoms with Crippen LogP contribution in [0.15, 0.2) is 23.1 Å². The molecule has 0 bridgehead atoms. The summed E-state index contributed by atoms with van der Waals surface area (Å²) < 4.78 is 27.1. The van der Waals surface area contributed by atoms with Crippen molar-refractivity contribution in [3.8, 4) is 11.8 Å². The lowest BCUT2D eigenvalue weighted by Crippen LogP contribution is -2.34. The van der Waals surface area contributed by atoms with E-state index in [9.17, 15) is 8.42 Å². The Hall–Kier alpha value is -1.35. The third kappa shape index (κ3) is 2.88. The second kappa shape index (κ2) is 5.96. The van der Waals surface area contributed by atoms with E-state index in [1.165, 1.54) is 0 Å². The van der Waals surface area contributed by atoms with Gasteiger partial charge in [0.2, 0.25) is 10.0 Å². The molecule has 1 aromatic carbocycles. The lowest BCUT2D eigenvalue weighted by Gasteiger charge is -2.22. The average molecular weight is 292 g/mol. The Bertz CT molecular complexity index is 656. The smallest absolute Gasteiger partial charge is 0.243 e. The number of nitrogens with two attached hydrogens (primary N) is 1. The Labute approximate surface area is 121 Å². The second-order valence-corrected chi connectivity index (χ2v) is 6.95. The summed E-state index contributed by atoms with van der Waals surface area (Å²) in [6.07, 6.45) is 1.84. The fourth-order valence-corrected chi connectivity index (χ4v) is 4.45. The SMILES string of the molecule is Cc1ccc(C#CCN)cc1S(=O)(=O)N1CCCC1C. The number of aryl methyl sites for hydroxylation is 1. The van der Waals surface area contributed by atoms with E-state index in [1.54, 1.807) is 16.4 Å². The zero-order valence-corrected chi connectivity index (χ0v) is 12.7. The first-order chi connectivity index (χ1) is 9.46. The van der Waals surface area contributed by atoms with Gasteiger partial charge in [-0.15, -0.1) is 0 Å². The topological polar surface area (TPSA) is 63.4 Å². The third-order valence-electron chi connectivity index (χ3n) is 3.60. The molecule has 2 N–H and O–H groups in total. The molecule has 0 aliphatic carbocycles. The van der Waals surface area contributed by atoms with Crippen LogP contribution in [0.2, 0.25) is 0 Å². The molecule has 0 aromatic heterocycles. The highest BCUT2D eigenvalue weighted by atomic mass is 32.2. The monoisotopic (exact) mass is 292 g/mol. The minimum atomic E-state index is -3.43. The van der Waals surface area contributed by atoms with Gasteiger partial charge in [0.05, 0.1) is 11.4 Å². The molecule has 0 spiro atoms. The Balaban J connectivity index is 2.45. The number of sulfonamides is 1. The maximum atomic E-state index is 12.7. The summed E-state index contributed by atoms with van der Waals surface area (Å²) in [5, 5.41) is 0. The Kier molecular flexibility index (Phi) is 4.48. The van der Waals surface area contributed by atoms with E-state index in [2.05, 4.69) is 11.8 Å². The fraction of sp³-hybridized carbons (Fsp3) is 0.467. The van der Waals surface area contributed by atoms with E-state index in [4.69, 9.17) is 5.73 Å². The van der Waals surface area contributed by atoms with Crippen molar-refractivity contribution in [2.24, 2.45) is 5.73 Å². The predicted molar refractivity (Wildman–Crippen MR) is 79.7 cm³/mol. The number of benzene rings is 1. The number of hydrogen-bond acceptors (Lipinski definition) is 3. The van der Waals surface area contributed by atoms with Crippen molar-refractivity contribution < 1.29 is 8.42 Å². The Morgan fingerprint density at radius 3 is 2.80 bits per heavy atom. The van der Waals surface area contributed by atoms with Gasteiger partial charge in [-0.3, -0.25) is 0 Å². The van der Waals surface area contributed by atoms with Gasteiger partial charge >= 0.3 is 0 Å². The zero-order chi connectivity index (χ0) is 14.8. The van der Waals surface area contributed by atoms with Crippen LogP contribution in [0.25, 0.3) is 0 Å². The van der Waals surface area contributed by atoms with Gasteiger partial charge in [-0.1, -0.05) is 17.9 Å². The summed E-state index contributed by atoms with van der Waals surface area (Å²) in [6.45, 7) is 4.63. The molecule has 1 unspecified atom stereocenters. The molecule has 4 nitrogen and oxygen atoms in total. The summed E-state index contributed by atoms with van der Waals surface area (Å²) in [6, 6.07) is 5.34. The van der Waals surface area contributed by atoms with Crippen LogP contribution in [0.5, 0.6) is 0 Å². The fourth-order valence-electron chi connectivity index (χ4n) is 2.50. The van der Waals surface area contributed by atoms with Crippen LogP contribution in [0, 0.1) is 18.8 Å². The highest BCUT2D eigenvalue weighted by Gasteiger charge is 2.33. The Morgan fingerprint density at radius 2 is 2.20 bits per heavy atom. The molecule has 0 amide bonds. The standard InChI is InChI=1S/C15H20N2O2S/c1-12-7-8-14(6-3-9-16)11-15(12)20(18,19)17-10-4-5-13(17)2/h7-8,11,13H,4-5,9-10,16H2,1-2H3. The molecule has 1 saturated heterocycles. The molecular weight excluding hydrogens is 272 g/mol. The van der Waals surface area contributed by atoms with Gasteiger partial charge in [0, 0.05) is 18.2 Å². The molecule has 20 heavy (non-hydrogen) atoms. The van der Waals surface area contributed by atoms with Crippen LogP contribution in [-0.2, 0) is 10.0 Å². The molecule has 1 aliphatic rings. The van der Waals surface area contributed by atoms with Crippen LogP contribution >= 0.6 is 0 Å². The first-order valence-electron chi connectivity index (χ1n) is 6.78. The molecule has 1 aromatic rings. The highest BCUT2D eigenvalue weighted by Crippen LogP contribution is 2.28. The van der Waals surface area contributed by atoms with Gasteiger partial charge in [-0.2, -0.15) is 4.31 Å². The van der Waals surface area contributed by atoms with Crippen molar-refractivity contribution >= 4 is 10.0 Å². The molecular formula is C15H20N2O2S. The molecule has 0 radical (unpaired) electrons. The van der Waals surface area contributed by atoms with E-state index in [0.29, 0.717) is 17.0 Å². The Morgan fingerprint density at radius 1 is 1.45 bits per heavy atom. The highest BCUT2D eigenvalue weighted by molar-refractivity contribution is 7.89. The first-order valence-corrected chi connectivity index (χ1v) is 8.22. The van der Waals surface area contributed by atoms with Gasteiger partial charge in [-0.25, -0.2) is 8.42 Å². The molecule has 1 fully saturated rings. The van der Waals surface area contributed by atoms with Gasteiger partial charge in [0.15, 0.2) is 0 Å². The molecule has 1 aliphatic heterocycles. The van der Waals surface area contributed by atoms with Crippen molar-refractivity contribution in [2.75, 3.05) is 13.1 Å². The van der Waals surface area contributed by atoms with Gasteiger partial charge in [0.25, 0.3) is 0 Å². The predicted octanol–water partition coefficient (Wildman–Crippen LogP) is 1.48. The van der Waals surface area contributed by atoms with Gasteiger partial charge < -0.3 is 5.73 Å². The van der Waals surface area contributed by atoms with Crippen molar-refractivity contribution in [1.82, 2.24) is 4.31 Å². The number of hydrogen-bond donors (Lipinski definition) is 1. The summed E-state index contributed by atoms with van der Waals surface area (Å²) in [5.41, 5.74) is 6.79. The van der Waals surface area contributed by atoms with Gasteiger partial charge in [-0.05, 0) is 44.4 Å². The summed E-state index contributed by atoms with van der Waals surface area (Å²) in [4.78, 5) is 0.357. The second-order valence-electron chi connectivity index (χ2n) is 5.09. The van der Waals surface area contributed by atoms with E-state index in [1.807, 2.05) is 19.9 Å².